The Bertz CT molecular complexity index is 1510. The number of para-hydroxylation sites is 1. The molecule has 0 saturated carbocycles. The molecule has 0 bridgehead atoms. The van der Waals surface area contributed by atoms with Crippen molar-refractivity contribution in [2.75, 3.05) is 14.2 Å². The normalized spacial score (nSPS) is 11.1. The molecular weight excluding hydrogens is 420 g/mol. The van der Waals surface area contributed by atoms with Gasteiger partial charge >= 0.3 is 0 Å². The number of pyridine rings is 1. The van der Waals surface area contributed by atoms with Crippen molar-refractivity contribution < 1.29 is 14.4 Å². The van der Waals surface area contributed by atoms with Gasteiger partial charge in [0.15, 0.2) is 17.1 Å². The van der Waals surface area contributed by atoms with Gasteiger partial charge in [-0.3, -0.25) is 10.1 Å². The Morgan fingerprint density at radius 3 is 2.15 bits per heavy atom. The maximum atomic E-state index is 11.1. The average Bonchev–Trinajstić information content (AvgIpc) is 3.19. The predicted molar refractivity (Wildman–Crippen MR) is 126 cm³/mol. The number of ether oxygens (including phenoxy) is 2. The Hall–Kier alpha value is -4.46. The maximum absolute atomic E-state index is 11.1. The van der Waals surface area contributed by atoms with Gasteiger partial charge in [0.2, 0.25) is 0 Å². The highest BCUT2D eigenvalue weighted by Gasteiger charge is 2.20. The Labute approximate surface area is 189 Å². The minimum absolute atomic E-state index is 0.0218. The highest BCUT2D eigenvalue weighted by Crippen LogP contribution is 2.41. The van der Waals surface area contributed by atoms with Crippen LogP contribution in [0.15, 0.2) is 66.7 Å². The molecule has 33 heavy (non-hydrogen) atoms. The maximum Gasteiger partial charge on any atom is 0.269 e. The van der Waals surface area contributed by atoms with Crippen LogP contribution in [0.1, 0.15) is 5.69 Å². The van der Waals surface area contributed by atoms with E-state index in [-0.39, 0.29) is 5.69 Å². The molecule has 5 rings (SSSR count). The Morgan fingerprint density at radius 1 is 0.909 bits per heavy atom. The molecule has 0 saturated heterocycles. The standard InChI is InChI=1S/C25H20N4O4/c1-15-23-19-13-21(32-2)22(33-3)14-20(19)24(16-9-11-18(12-10-16)29(30)31)26-25(23)28(27-15)17-7-5-4-6-8-17/h4-14H,1-3H3. The molecule has 8 heteroatoms. The van der Waals surface area contributed by atoms with Crippen molar-refractivity contribution in [3.05, 3.63) is 82.5 Å². The van der Waals surface area contributed by atoms with Gasteiger partial charge in [-0.1, -0.05) is 18.2 Å². The lowest BCUT2D eigenvalue weighted by molar-refractivity contribution is -0.384. The number of benzene rings is 3. The summed E-state index contributed by atoms with van der Waals surface area (Å²) in [5.74, 6) is 1.17. The summed E-state index contributed by atoms with van der Waals surface area (Å²) in [5, 5.41) is 18.6. The van der Waals surface area contributed by atoms with Crippen molar-refractivity contribution in [3.63, 3.8) is 0 Å². The van der Waals surface area contributed by atoms with Gasteiger partial charge in [-0.05, 0) is 43.3 Å². The number of aryl methyl sites for hydroxylation is 1. The third-order valence-corrected chi connectivity index (χ3v) is 5.65. The molecule has 0 fully saturated rings. The lowest BCUT2D eigenvalue weighted by Crippen LogP contribution is -1.99. The molecule has 0 spiro atoms. The number of rotatable bonds is 5. The third kappa shape index (κ3) is 3.32. The van der Waals surface area contributed by atoms with Crippen molar-refractivity contribution >= 4 is 27.5 Å². The van der Waals surface area contributed by atoms with Crippen molar-refractivity contribution in [2.24, 2.45) is 0 Å². The number of nitro benzene ring substituents is 1. The van der Waals surface area contributed by atoms with E-state index in [9.17, 15) is 10.1 Å². The fourth-order valence-electron chi connectivity index (χ4n) is 4.09. The summed E-state index contributed by atoms with van der Waals surface area (Å²) < 4.78 is 12.9. The van der Waals surface area contributed by atoms with Crippen LogP contribution in [0.25, 0.3) is 38.8 Å². The number of non-ortho nitro benzene ring substituents is 1. The molecule has 0 atom stereocenters. The second-order valence-corrected chi connectivity index (χ2v) is 7.55. The minimum atomic E-state index is -0.416. The number of nitro groups is 1. The lowest BCUT2D eigenvalue weighted by atomic mass is 10.00. The fourth-order valence-corrected chi connectivity index (χ4v) is 4.09. The smallest absolute Gasteiger partial charge is 0.269 e. The summed E-state index contributed by atoms with van der Waals surface area (Å²) in [4.78, 5) is 15.7. The van der Waals surface area contributed by atoms with E-state index in [1.165, 1.54) is 12.1 Å². The Balaban J connectivity index is 1.90. The molecule has 164 valence electrons. The van der Waals surface area contributed by atoms with Gasteiger partial charge in [-0.2, -0.15) is 5.10 Å². The van der Waals surface area contributed by atoms with Crippen LogP contribution in [0.5, 0.6) is 11.5 Å². The van der Waals surface area contributed by atoms with E-state index in [2.05, 4.69) is 0 Å². The quantitative estimate of drug-likeness (QED) is 0.266. The SMILES string of the molecule is COc1cc2c(-c3ccc([N+](=O)[O-])cc3)nc3c(c(C)nn3-c3ccccc3)c2cc1OC. The van der Waals surface area contributed by atoms with Crippen LogP contribution in [0.3, 0.4) is 0 Å². The Kier molecular flexibility index (Phi) is 4.90. The molecule has 2 aromatic heterocycles. The number of aromatic nitrogens is 3. The highest BCUT2D eigenvalue weighted by atomic mass is 16.6. The minimum Gasteiger partial charge on any atom is -0.493 e. The summed E-state index contributed by atoms with van der Waals surface area (Å²) in [6.45, 7) is 1.95. The van der Waals surface area contributed by atoms with E-state index in [1.54, 1.807) is 26.4 Å². The molecule has 2 heterocycles. The van der Waals surface area contributed by atoms with Gasteiger partial charge in [-0.25, -0.2) is 9.67 Å². The van der Waals surface area contributed by atoms with Crippen LogP contribution < -0.4 is 9.47 Å². The van der Waals surface area contributed by atoms with Crippen molar-refractivity contribution in [1.82, 2.24) is 14.8 Å². The van der Waals surface area contributed by atoms with Gasteiger partial charge in [0.05, 0.1) is 41.6 Å². The van der Waals surface area contributed by atoms with Gasteiger partial charge < -0.3 is 9.47 Å². The third-order valence-electron chi connectivity index (χ3n) is 5.65. The monoisotopic (exact) mass is 440 g/mol. The second-order valence-electron chi connectivity index (χ2n) is 7.55. The molecule has 0 radical (unpaired) electrons. The molecule has 0 aliphatic heterocycles. The summed E-state index contributed by atoms with van der Waals surface area (Å²) in [7, 11) is 3.18. The second kappa shape index (κ2) is 7.90. The predicted octanol–water partition coefficient (Wildman–Crippen LogP) is 5.47. The van der Waals surface area contributed by atoms with Crippen LogP contribution in [0, 0.1) is 17.0 Å². The van der Waals surface area contributed by atoms with E-state index in [0.29, 0.717) is 22.8 Å². The van der Waals surface area contributed by atoms with E-state index >= 15 is 0 Å². The first-order valence-corrected chi connectivity index (χ1v) is 10.3. The Morgan fingerprint density at radius 2 is 1.55 bits per heavy atom. The highest BCUT2D eigenvalue weighted by molar-refractivity contribution is 6.12. The van der Waals surface area contributed by atoms with Gasteiger partial charge in [0, 0.05) is 28.5 Å². The molecule has 0 aliphatic rings. The van der Waals surface area contributed by atoms with E-state index < -0.39 is 4.92 Å². The number of methoxy groups -OCH3 is 2. The number of hydrogen-bond donors (Lipinski definition) is 0. The molecule has 5 aromatic rings. The lowest BCUT2D eigenvalue weighted by Gasteiger charge is -2.13. The first kappa shape index (κ1) is 20.4. The van der Waals surface area contributed by atoms with Crippen LogP contribution in [0.4, 0.5) is 5.69 Å². The first-order chi connectivity index (χ1) is 16.0. The van der Waals surface area contributed by atoms with Gasteiger partial charge in [-0.15, -0.1) is 0 Å². The first-order valence-electron chi connectivity index (χ1n) is 10.3. The van der Waals surface area contributed by atoms with Crippen molar-refractivity contribution in [3.8, 4) is 28.4 Å². The molecule has 0 unspecified atom stereocenters. The topological polar surface area (TPSA) is 92.3 Å². The molecule has 0 amide bonds. The van der Waals surface area contributed by atoms with E-state index in [0.717, 1.165) is 33.1 Å². The molecule has 3 aromatic carbocycles. The zero-order valence-electron chi connectivity index (χ0n) is 18.3. The fraction of sp³-hybridized carbons (Fsp3) is 0.120. The van der Waals surface area contributed by atoms with Gasteiger partial charge in [0.1, 0.15) is 0 Å². The zero-order chi connectivity index (χ0) is 23.1. The molecule has 0 aliphatic carbocycles. The van der Waals surface area contributed by atoms with Crippen LogP contribution in [-0.4, -0.2) is 33.9 Å². The van der Waals surface area contributed by atoms with E-state index in [4.69, 9.17) is 19.6 Å². The zero-order valence-corrected chi connectivity index (χ0v) is 18.3. The van der Waals surface area contributed by atoms with Crippen LogP contribution >= 0.6 is 0 Å². The average molecular weight is 440 g/mol. The molecular formula is C25H20N4O4. The van der Waals surface area contributed by atoms with Crippen molar-refractivity contribution in [2.45, 2.75) is 6.92 Å². The summed E-state index contributed by atoms with van der Waals surface area (Å²) in [5.41, 5.74) is 3.84. The molecule has 0 N–H and O–H groups in total. The van der Waals surface area contributed by atoms with Crippen LogP contribution in [0.2, 0.25) is 0 Å². The van der Waals surface area contributed by atoms with Crippen molar-refractivity contribution in [1.29, 1.82) is 0 Å². The number of fused-ring (bicyclic) bond motifs is 3. The van der Waals surface area contributed by atoms with Gasteiger partial charge in [0.25, 0.3) is 5.69 Å². The number of hydrogen-bond acceptors (Lipinski definition) is 6. The van der Waals surface area contributed by atoms with E-state index in [1.807, 2.05) is 54.1 Å². The summed E-state index contributed by atoms with van der Waals surface area (Å²) >= 11 is 0. The van der Waals surface area contributed by atoms with Crippen LogP contribution in [-0.2, 0) is 0 Å². The summed E-state index contributed by atoms with van der Waals surface area (Å²) in [6.07, 6.45) is 0. The summed E-state index contributed by atoms with van der Waals surface area (Å²) in [6, 6.07) is 20.0. The molecule has 8 nitrogen and oxygen atoms in total. The largest absolute Gasteiger partial charge is 0.493 e. The number of nitrogens with zero attached hydrogens (tertiary/aromatic N) is 4.